The van der Waals surface area contributed by atoms with Crippen molar-refractivity contribution in [2.45, 2.75) is 33.2 Å². The number of nitrogens with one attached hydrogen (secondary N) is 1. The first-order chi connectivity index (χ1) is 7.66. The summed E-state index contributed by atoms with van der Waals surface area (Å²) in [7, 11) is 0. The molecule has 1 N–H and O–H groups in total. The maximum atomic E-state index is 4.63. The van der Waals surface area contributed by atoms with Crippen LogP contribution in [-0.2, 0) is 6.42 Å². The molecule has 0 aliphatic rings. The molecule has 0 bridgehead atoms. The maximum Gasteiger partial charge on any atom is 0.139 e. The number of pyridine rings is 1. The quantitative estimate of drug-likeness (QED) is 0.850. The fourth-order valence-corrected chi connectivity index (χ4v) is 1.81. The molecule has 0 fully saturated rings. The summed E-state index contributed by atoms with van der Waals surface area (Å²) in [5.74, 6) is 0. The van der Waals surface area contributed by atoms with Crippen LogP contribution in [0.1, 0.15) is 25.1 Å². The van der Waals surface area contributed by atoms with Crippen LogP contribution in [0.2, 0.25) is 0 Å². The van der Waals surface area contributed by atoms with Crippen molar-refractivity contribution in [2.75, 3.05) is 6.54 Å². The molecule has 2 rings (SSSR count). The van der Waals surface area contributed by atoms with Crippen LogP contribution in [0.4, 0.5) is 0 Å². The van der Waals surface area contributed by atoms with Gasteiger partial charge >= 0.3 is 0 Å². The number of hydrogen-bond acceptors (Lipinski definition) is 2. The van der Waals surface area contributed by atoms with Gasteiger partial charge in [-0.05, 0) is 18.6 Å². The molecule has 0 saturated heterocycles. The first-order valence-corrected chi connectivity index (χ1v) is 5.83. The first kappa shape index (κ1) is 11.1. The average Bonchev–Trinajstić information content (AvgIpc) is 2.61. The van der Waals surface area contributed by atoms with Crippen LogP contribution in [0, 0.1) is 6.92 Å². The predicted molar refractivity (Wildman–Crippen MR) is 66.8 cm³/mol. The van der Waals surface area contributed by atoms with Gasteiger partial charge in [0.05, 0.1) is 5.69 Å². The van der Waals surface area contributed by atoms with Gasteiger partial charge in [-0.2, -0.15) is 0 Å². The minimum absolute atomic E-state index is 0.541. The van der Waals surface area contributed by atoms with E-state index in [9.17, 15) is 0 Å². The smallest absolute Gasteiger partial charge is 0.139 e. The van der Waals surface area contributed by atoms with Gasteiger partial charge in [-0.3, -0.25) is 0 Å². The van der Waals surface area contributed by atoms with E-state index in [-0.39, 0.29) is 0 Å². The van der Waals surface area contributed by atoms with Crippen LogP contribution >= 0.6 is 0 Å². The summed E-state index contributed by atoms with van der Waals surface area (Å²) < 4.78 is 2.10. The lowest BCUT2D eigenvalue weighted by Gasteiger charge is -2.05. The maximum absolute atomic E-state index is 4.63. The Bertz CT molecular complexity index is 471. The number of aromatic nitrogens is 2. The number of aryl methyl sites for hydroxylation is 1. The van der Waals surface area contributed by atoms with E-state index in [0.29, 0.717) is 6.04 Å². The Morgan fingerprint density at radius 1 is 1.44 bits per heavy atom. The molecule has 3 heteroatoms. The van der Waals surface area contributed by atoms with Gasteiger partial charge in [0.1, 0.15) is 5.65 Å². The van der Waals surface area contributed by atoms with Crippen molar-refractivity contribution in [2.24, 2.45) is 0 Å². The summed E-state index contributed by atoms with van der Waals surface area (Å²) in [5.41, 5.74) is 3.45. The standard InChI is InChI=1S/C13H19N3/c1-10(2)14-7-6-12-9-16-8-4-5-11(3)13(16)15-12/h4-5,8-10,14H,6-7H2,1-3H3. The summed E-state index contributed by atoms with van der Waals surface area (Å²) in [4.78, 5) is 4.63. The molecule has 3 nitrogen and oxygen atoms in total. The van der Waals surface area contributed by atoms with Crippen LogP contribution in [0.25, 0.3) is 5.65 Å². The van der Waals surface area contributed by atoms with E-state index in [4.69, 9.17) is 0 Å². The Kier molecular flexibility index (Phi) is 3.25. The highest BCUT2D eigenvalue weighted by Gasteiger charge is 2.03. The van der Waals surface area contributed by atoms with Crippen molar-refractivity contribution in [3.05, 3.63) is 35.8 Å². The van der Waals surface area contributed by atoms with Gasteiger partial charge in [0.15, 0.2) is 0 Å². The molecule has 0 atom stereocenters. The average molecular weight is 217 g/mol. The highest BCUT2D eigenvalue weighted by Crippen LogP contribution is 2.09. The molecule has 0 spiro atoms. The molecule has 0 unspecified atom stereocenters. The molecule has 0 aromatic carbocycles. The summed E-state index contributed by atoms with van der Waals surface area (Å²) in [6.45, 7) is 7.40. The molecule has 2 aromatic rings. The van der Waals surface area contributed by atoms with Crippen molar-refractivity contribution in [3.63, 3.8) is 0 Å². The third-order valence-corrected chi connectivity index (χ3v) is 2.66. The monoisotopic (exact) mass is 217 g/mol. The van der Waals surface area contributed by atoms with E-state index < -0.39 is 0 Å². The number of imidazole rings is 1. The van der Waals surface area contributed by atoms with Crippen LogP contribution < -0.4 is 5.32 Å². The lowest BCUT2D eigenvalue weighted by atomic mass is 10.3. The summed E-state index contributed by atoms with van der Waals surface area (Å²) in [6.07, 6.45) is 5.15. The molecule has 0 radical (unpaired) electrons. The topological polar surface area (TPSA) is 29.3 Å². The van der Waals surface area contributed by atoms with Crippen LogP contribution in [-0.4, -0.2) is 22.0 Å². The molecule has 2 heterocycles. The zero-order valence-corrected chi connectivity index (χ0v) is 10.2. The Morgan fingerprint density at radius 2 is 2.25 bits per heavy atom. The van der Waals surface area contributed by atoms with Crippen molar-refractivity contribution in [1.29, 1.82) is 0 Å². The van der Waals surface area contributed by atoms with Gasteiger partial charge in [0.25, 0.3) is 0 Å². The van der Waals surface area contributed by atoms with Crippen molar-refractivity contribution < 1.29 is 0 Å². The molecular weight excluding hydrogens is 198 g/mol. The predicted octanol–water partition coefficient (Wildman–Crippen LogP) is 2.18. The van der Waals surface area contributed by atoms with E-state index in [2.05, 4.69) is 60.0 Å². The number of nitrogens with zero attached hydrogens (tertiary/aromatic N) is 2. The van der Waals surface area contributed by atoms with E-state index in [0.717, 1.165) is 24.3 Å². The lowest BCUT2D eigenvalue weighted by molar-refractivity contribution is 0.588. The number of hydrogen-bond donors (Lipinski definition) is 1. The van der Waals surface area contributed by atoms with Gasteiger partial charge in [-0.25, -0.2) is 4.98 Å². The second-order valence-electron chi connectivity index (χ2n) is 4.51. The molecule has 0 aliphatic heterocycles. The van der Waals surface area contributed by atoms with Gasteiger partial charge in [0.2, 0.25) is 0 Å². The molecular formula is C13H19N3. The Morgan fingerprint density at radius 3 is 2.94 bits per heavy atom. The largest absolute Gasteiger partial charge is 0.314 e. The van der Waals surface area contributed by atoms with E-state index in [1.165, 1.54) is 5.56 Å². The third kappa shape index (κ3) is 2.42. The number of rotatable bonds is 4. The Hall–Kier alpha value is -1.35. The van der Waals surface area contributed by atoms with Gasteiger partial charge in [-0.1, -0.05) is 19.9 Å². The van der Waals surface area contributed by atoms with E-state index >= 15 is 0 Å². The minimum atomic E-state index is 0.541. The fraction of sp³-hybridized carbons (Fsp3) is 0.462. The molecule has 0 saturated carbocycles. The molecule has 0 aliphatic carbocycles. The van der Waals surface area contributed by atoms with Crippen LogP contribution in [0.5, 0.6) is 0 Å². The van der Waals surface area contributed by atoms with Crippen LogP contribution in [0.3, 0.4) is 0 Å². The van der Waals surface area contributed by atoms with Crippen molar-refractivity contribution >= 4 is 5.65 Å². The zero-order chi connectivity index (χ0) is 11.5. The van der Waals surface area contributed by atoms with Crippen molar-refractivity contribution in [1.82, 2.24) is 14.7 Å². The number of fused-ring (bicyclic) bond motifs is 1. The lowest BCUT2D eigenvalue weighted by Crippen LogP contribution is -2.24. The molecule has 16 heavy (non-hydrogen) atoms. The summed E-state index contributed by atoms with van der Waals surface area (Å²) in [6, 6.07) is 4.69. The molecule has 2 aromatic heterocycles. The minimum Gasteiger partial charge on any atom is -0.314 e. The Balaban J connectivity index is 2.11. The van der Waals surface area contributed by atoms with Gasteiger partial charge in [0, 0.05) is 31.4 Å². The normalized spacial score (nSPS) is 11.5. The van der Waals surface area contributed by atoms with Crippen molar-refractivity contribution in [3.8, 4) is 0 Å². The van der Waals surface area contributed by atoms with E-state index in [1.807, 2.05) is 0 Å². The zero-order valence-electron chi connectivity index (χ0n) is 10.2. The second kappa shape index (κ2) is 4.66. The summed E-state index contributed by atoms with van der Waals surface area (Å²) >= 11 is 0. The highest BCUT2D eigenvalue weighted by molar-refractivity contribution is 5.47. The van der Waals surface area contributed by atoms with Gasteiger partial charge < -0.3 is 9.72 Å². The first-order valence-electron chi connectivity index (χ1n) is 5.83. The molecule has 0 amide bonds. The van der Waals surface area contributed by atoms with E-state index in [1.54, 1.807) is 0 Å². The van der Waals surface area contributed by atoms with Gasteiger partial charge in [-0.15, -0.1) is 0 Å². The Labute approximate surface area is 96.5 Å². The fourth-order valence-electron chi connectivity index (χ4n) is 1.81. The third-order valence-electron chi connectivity index (χ3n) is 2.66. The SMILES string of the molecule is Cc1cccn2cc(CCNC(C)C)nc12. The second-order valence-corrected chi connectivity index (χ2v) is 4.51. The molecule has 86 valence electrons. The summed E-state index contributed by atoms with van der Waals surface area (Å²) in [5, 5.41) is 3.40. The van der Waals surface area contributed by atoms with Crippen LogP contribution in [0.15, 0.2) is 24.5 Å². The highest BCUT2D eigenvalue weighted by atomic mass is 15.0.